The molecule has 0 rings (SSSR count). The monoisotopic (exact) mass is 253 g/mol. The molecule has 0 bridgehead atoms. The molecule has 0 saturated heterocycles. The second-order valence-corrected chi connectivity index (χ2v) is 5.33. The highest BCUT2D eigenvalue weighted by Gasteiger charge is 1.90. The van der Waals surface area contributed by atoms with Crippen LogP contribution in [0.5, 0.6) is 0 Å². The van der Waals surface area contributed by atoms with Gasteiger partial charge < -0.3 is 5.32 Å². The smallest absolute Gasteiger partial charge is 0.00518 e. The van der Waals surface area contributed by atoms with Crippen molar-refractivity contribution in [3.05, 3.63) is 12.2 Å². The van der Waals surface area contributed by atoms with Gasteiger partial charge in [0, 0.05) is 0 Å². The molecule has 0 aromatic carbocycles. The number of hydrogen-bond acceptors (Lipinski definition) is 1. The summed E-state index contributed by atoms with van der Waals surface area (Å²) < 4.78 is 0. The maximum absolute atomic E-state index is 3.19. The van der Waals surface area contributed by atoms with E-state index in [0.29, 0.717) is 0 Å². The van der Waals surface area contributed by atoms with E-state index in [4.69, 9.17) is 0 Å². The Morgan fingerprint density at radius 1 is 0.667 bits per heavy atom. The second kappa shape index (κ2) is 16.7. The van der Waals surface area contributed by atoms with Gasteiger partial charge in [0.25, 0.3) is 0 Å². The highest BCUT2D eigenvalue weighted by atomic mass is 14.8. The Kier molecular flexibility index (Phi) is 16.4. The van der Waals surface area contributed by atoms with E-state index in [1.807, 2.05) is 7.05 Å². The van der Waals surface area contributed by atoms with Crippen LogP contribution in [-0.2, 0) is 0 Å². The number of hydrogen-bond donors (Lipinski definition) is 1. The quantitative estimate of drug-likeness (QED) is 0.320. The highest BCUT2D eigenvalue weighted by Crippen LogP contribution is 2.09. The topological polar surface area (TPSA) is 12.0 Å². The van der Waals surface area contributed by atoms with Gasteiger partial charge in [0.05, 0.1) is 0 Å². The van der Waals surface area contributed by atoms with Gasteiger partial charge in [-0.05, 0) is 45.7 Å². The summed E-state index contributed by atoms with van der Waals surface area (Å²) >= 11 is 0. The van der Waals surface area contributed by atoms with Gasteiger partial charge in [-0.1, -0.05) is 64.0 Å². The van der Waals surface area contributed by atoms with Gasteiger partial charge in [-0.15, -0.1) is 0 Å². The van der Waals surface area contributed by atoms with Gasteiger partial charge in [0.15, 0.2) is 0 Å². The van der Waals surface area contributed by atoms with Crippen molar-refractivity contribution in [2.75, 3.05) is 13.6 Å². The van der Waals surface area contributed by atoms with Gasteiger partial charge in [-0.25, -0.2) is 0 Å². The van der Waals surface area contributed by atoms with Crippen molar-refractivity contribution < 1.29 is 0 Å². The molecule has 0 unspecified atom stereocenters. The van der Waals surface area contributed by atoms with Crippen LogP contribution in [-0.4, -0.2) is 13.6 Å². The van der Waals surface area contributed by atoms with E-state index < -0.39 is 0 Å². The minimum absolute atomic E-state index is 1.16. The zero-order valence-corrected chi connectivity index (χ0v) is 12.8. The standard InChI is InChI=1S/C17H35N/c1-3-4-5-6-7-8-9-10-11-12-13-14-15-16-17-18-2/h12-13,18H,3-11,14-17H2,1-2H3/b13-12-. The third-order valence-electron chi connectivity index (χ3n) is 3.44. The van der Waals surface area contributed by atoms with Crippen LogP contribution in [0.3, 0.4) is 0 Å². The predicted molar refractivity (Wildman–Crippen MR) is 84.1 cm³/mol. The zero-order chi connectivity index (χ0) is 13.3. The number of unbranched alkanes of at least 4 members (excludes halogenated alkanes) is 10. The summed E-state index contributed by atoms with van der Waals surface area (Å²) in [5.41, 5.74) is 0. The second-order valence-electron chi connectivity index (χ2n) is 5.33. The van der Waals surface area contributed by atoms with E-state index in [2.05, 4.69) is 24.4 Å². The maximum Gasteiger partial charge on any atom is -0.00518 e. The van der Waals surface area contributed by atoms with Crippen molar-refractivity contribution in [3.63, 3.8) is 0 Å². The average molecular weight is 253 g/mol. The lowest BCUT2D eigenvalue weighted by molar-refractivity contribution is 0.577. The van der Waals surface area contributed by atoms with Gasteiger partial charge in [-0.3, -0.25) is 0 Å². The van der Waals surface area contributed by atoms with Crippen LogP contribution < -0.4 is 5.32 Å². The van der Waals surface area contributed by atoms with Crippen LogP contribution in [0.2, 0.25) is 0 Å². The van der Waals surface area contributed by atoms with Crippen molar-refractivity contribution >= 4 is 0 Å². The van der Waals surface area contributed by atoms with E-state index in [1.165, 1.54) is 77.0 Å². The summed E-state index contributed by atoms with van der Waals surface area (Å²) in [6.45, 7) is 3.44. The molecular weight excluding hydrogens is 218 g/mol. The Labute approximate surface area is 115 Å². The molecule has 0 heterocycles. The molecule has 0 aromatic rings. The minimum Gasteiger partial charge on any atom is -0.320 e. The molecule has 0 spiro atoms. The largest absolute Gasteiger partial charge is 0.320 e. The normalized spacial score (nSPS) is 11.4. The highest BCUT2D eigenvalue weighted by molar-refractivity contribution is 4.81. The molecule has 0 aliphatic rings. The molecule has 0 amide bonds. The van der Waals surface area contributed by atoms with E-state index >= 15 is 0 Å². The Bertz CT molecular complexity index is 163. The van der Waals surface area contributed by atoms with Crippen LogP contribution in [0, 0.1) is 0 Å². The van der Waals surface area contributed by atoms with E-state index in [1.54, 1.807) is 0 Å². The maximum atomic E-state index is 3.19. The first-order valence-corrected chi connectivity index (χ1v) is 8.21. The molecule has 18 heavy (non-hydrogen) atoms. The number of allylic oxidation sites excluding steroid dienone is 2. The molecule has 1 nitrogen and oxygen atoms in total. The first kappa shape index (κ1) is 17.7. The zero-order valence-electron chi connectivity index (χ0n) is 12.8. The molecule has 108 valence electrons. The molecule has 0 aliphatic heterocycles. The molecule has 1 heteroatoms. The van der Waals surface area contributed by atoms with E-state index in [-0.39, 0.29) is 0 Å². The van der Waals surface area contributed by atoms with Crippen LogP contribution in [0.25, 0.3) is 0 Å². The van der Waals surface area contributed by atoms with Crippen LogP contribution in [0.1, 0.15) is 84.0 Å². The fourth-order valence-corrected chi connectivity index (χ4v) is 2.20. The Hall–Kier alpha value is -0.300. The van der Waals surface area contributed by atoms with Crippen molar-refractivity contribution in [2.24, 2.45) is 0 Å². The number of rotatable bonds is 14. The van der Waals surface area contributed by atoms with E-state index in [0.717, 1.165) is 6.54 Å². The third-order valence-corrected chi connectivity index (χ3v) is 3.44. The molecule has 0 radical (unpaired) electrons. The molecule has 0 saturated carbocycles. The molecule has 0 atom stereocenters. The summed E-state index contributed by atoms with van der Waals surface area (Å²) in [7, 11) is 2.03. The molecular formula is C17H35N. The minimum atomic E-state index is 1.16. The lowest BCUT2D eigenvalue weighted by atomic mass is 10.1. The number of nitrogens with one attached hydrogen (secondary N) is 1. The first-order valence-electron chi connectivity index (χ1n) is 8.21. The summed E-state index contributed by atoms with van der Waals surface area (Å²) in [4.78, 5) is 0. The Balaban J connectivity index is 2.99. The summed E-state index contributed by atoms with van der Waals surface area (Å²) in [6, 6.07) is 0. The van der Waals surface area contributed by atoms with Crippen molar-refractivity contribution in [1.82, 2.24) is 5.32 Å². The van der Waals surface area contributed by atoms with Crippen LogP contribution in [0.15, 0.2) is 12.2 Å². The molecule has 0 fully saturated rings. The fourth-order valence-electron chi connectivity index (χ4n) is 2.20. The van der Waals surface area contributed by atoms with Gasteiger partial charge in [0.1, 0.15) is 0 Å². The summed E-state index contributed by atoms with van der Waals surface area (Å²) in [6.07, 6.45) is 21.3. The molecule has 0 aliphatic carbocycles. The van der Waals surface area contributed by atoms with Crippen molar-refractivity contribution in [2.45, 2.75) is 84.0 Å². The summed E-state index contributed by atoms with van der Waals surface area (Å²) in [5.74, 6) is 0. The Morgan fingerprint density at radius 2 is 1.17 bits per heavy atom. The average Bonchev–Trinajstić information content (AvgIpc) is 2.39. The lowest BCUT2D eigenvalue weighted by Crippen LogP contribution is -2.06. The van der Waals surface area contributed by atoms with Crippen molar-refractivity contribution in [1.29, 1.82) is 0 Å². The molecule has 0 aromatic heterocycles. The van der Waals surface area contributed by atoms with Gasteiger partial charge >= 0.3 is 0 Å². The molecule has 1 N–H and O–H groups in total. The fraction of sp³-hybridized carbons (Fsp3) is 0.882. The van der Waals surface area contributed by atoms with Gasteiger partial charge in [-0.2, -0.15) is 0 Å². The summed E-state index contributed by atoms with van der Waals surface area (Å²) in [5, 5.41) is 3.19. The van der Waals surface area contributed by atoms with E-state index in [9.17, 15) is 0 Å². The first-order chi connectivity index (χ1) is 8.91. The Morgan fingerprint density at radius 3 is 1.72 bits per heavy atom. The lowest BCUT2D eigenvalue weighted by Gasteiger charge is -2.00. The third kappa shape index (κ3) is 15.7. The predicted octanol–water partition coefficient (Wildman–Crippen LogP) is 5.46. The van der Waals surface area contributed by atoms with Gasteiger partial charge in [0.2, 0.25) is 0 Å². The van der Waals surface area contributed by atoms with Crippen molar-refractivity contribution in [3.8, 4) is 0 Å². The van der Waals surface area contributed by atoms with Crippen LogP contribution >= 0.6 is 0 Å². The van der Waals surface area contributed by atoms with Crippen LogP contribution in [0.4, 0.5) is 0 Å². The SMILES string of the molecule is CCCCCCCCCC/C=C\CCCCNC.